The lowest BCUT2D eigenvalue weighted by Gasteiger charge is -2.26. The Balaban J connectivity index is 1.90. The predicted molar refractivity (Wildman–Crippen MR) is 68.6 cm³/mol. The van der Waals surface area contributed by atoms with Crippen molar-refractivity contribution in [1.29, 1.82) is 0 Å². The van der Waals surface area contributed by atoms with Gasteiger partial charge in [0.15, 0.2) is 0 Å². The highest BCUT2D eigenvalue weighted by atomic mass is 19.4. The van der Waals surface area contributed by atoms with Gasteiger partial charge in [0.1, 0.15) is 12.4 Å². The molecule has 1 heterocycles. The molecule has 20 heavy (non-hydrogen) atoms. The number of hydrogen-bond donors (Lipinski definition) is 1. The van der Waals surface area contributed by atoms with E-state index in [0.29, 0.717) is 26.4 Å². The topological polar surface area (TPSA) is 47.7 Å². The second kappa shape index (κ2) is 6.32. The summed E-state index contributed by atoms with van der Waals surface area (Å²) in [6, 6.07) is 3.26. The first-order chi connectivity index (χ1) is 9.45. The number of rotatable bonds is 4. The standard InChI is InChI=1S/C13H17F3N2O2/c14-13(15,16)10-7-11(17)9-12(8-10)20-6-3-18-1-4-19-5-2-18/h7-9H,1-6,17H2. The van der Waals surface area contributed by atoms with Gasteiger partial charge in [-0.3, -0.25) is 4.90 Å². The minimum atomic E-state index is -4.42. The van der Waals surface area contributed by atoms with Crippen LogP contribution in [0.2, 0.25) is 0 Å². The number of nitrogens with zero attached hydrogens (tertiary/aromatic N) is 1. The molecule has 1 aromatic carbocycles. The summed E-state index contributed by atoms with van der Waals surface area (Å²) in [5.41, 5.74) is 4.71. The molecule has 1 aromatic rings. The van der Waals surface area contributed by atoms with Gasteiger partial charge in [-0.1, -0.05) is 0 Å². The van der Waals surface area contributed by atoms with Crippen molar-refractivity contribution < 1.29 is 22.6 Å². The lowest BCUT2D eigenvalue weighted by Crippen LogP contribution is -2.38. The van der Waals surface area contributed by atoms with Crippen LogP contribution < -0.4 is 10.5 Å². The zero-order valence-corrected chi connectivity index (χ0v) is 10.9. The molecule has 0 spiro atoms. The van der Waals surface area contributed by atoms with Gasteiger partial charge in [-0.25, -0.2) is 0 Å². The van der Waals surface area contributed by atoms with E-state index < -0.39 is 11.7 Å². The summed E-state index contributed by atoms with van der Waals surface area (Å²) < 4.78 is 48.5. The van der Waals surface area contributed by atoms with Crippen LogP contribution in [0, 0.1) is 0 Å². The number of alkyl halides is 3. The van der Waals surface area contributed by atoms with E-state index >= 15 is 0 Å². The smallest absolute Gasteiger partial charge is 0.416 e. The molecule has 1 fully saturated rings. The van der Waals surface area contributed by atoms with Crippen molar-refractivity contribution in [3.63, 3.8) is 0 Å². The van der Waals surface area contributed by atoms with Crippen molar-refractivity contribution in [2.24, 2.45) is 0 Å². The first kappa shape index (κ1) is 14.9. The number of nitrogens with two attached hydrogens (primary N) is 1. The monoisotopic (exact) mass is 290 g/mol. The Hall–Kier alpha value is -1.47. The highest BCUT2D eigenvalue weighted by molar-refractivity contribution is 5.48. The first-order valence-electron chi connectivity index (χ1n) is 6.36. The fraction of sp³-hybridized carbons (Fsp3) is 0.538. The van der Waals surface area contributed by atoms with Crippen LogP contribution in [-0.4, -0.2) is 44.4 Å². The SMILES string of the molecule is Nc1cc(OCCN2CCOCC2)cc(C(F)(F)F)c1. The highest BCUT2D eigenvalue weighted by Crippen LogP contribution is 2.33. The average molecular weight is 290 g/mol. The molecule has 4 nitrogen and oxygen atoms in total. The molecule has 0 saturated carbocycles. The summed E-state index contributed by atoms with van der Waals surface area (Å²) in [5, 5.41) is 0. The molecule has 1 saturated heterocycles. The molecule has 7 heteroatoms. The van der Waals surface area contributed by atoms with Crippen molar-refractivity contribution >= 4 is 5.69 Å². The van der Waals surface area contributed by atoms with Gasteiger partial charge in [0.25, 0.3) is 0 Å². The first-order valence-corrected chi connectivity index (χ1v) is 6.36. The minimum Gasteiger partial charge on any atom is -0.492 e. The summed E-state index contributed by atoms with van der Waals surface area (Å²) >= 11 is 0. The molecule has 0 bridgehead atoms. The summed E-state index contributed by atoms with van der Waals surface area (Å²) in [7, 11) is 0. The molecule has 1 aliphatic rings. The van der Waals surface area contributed by atoms with Gasteiger partial charge in [0, 0.05) is 31.4 Å². The lowest BCUT2D eigenvalue weighted by atomic mass is 10.2. The van der Waals surface area contributed by atoms with Crippen molar-refractivity contribution in [1.82, 2.24) is 4.90 Å². The molecule has 2 N–H and O–H groups in total. The largest absolute Gasteiger partial charge is 0.492 e. The quantitative estimate of drug-likeness (QED) is 0.862. The van der Waals surface area contributed by atoms with E-state index in [1.165, 1.54) is 6.07 Å². The number of morpholine rings is 1. The summed E-state index contributed by atoms with van der Waals surface area (Å²) in [6.45, 7) is 3.95. The third-order valence-corrected chi connectivity index (χ3v) is 3.04. The fourth-order valence-electron chi connectivity index (χ4n) is 1.99. The number of benzene rings is 1. The predicted octanol–water partition coefficient (Wildman–Crippen LogP) is 2.00. The Morgan fingerprint density at radius 2 is 1.90 bits per heavy atom. The Labute approximate surface area is 115 Å². The molecular formula is C13H17F3N2O2. The molecule has 0 amide bonds. The molecule has 112 valence electrons. The van der Waals surface area contributed by atoms with E-state index in [9.17, 15) is 13.2 Å². The van der Waals surface area contributed by atoms with Crippen LogP contribution in [-0.2, 0) is 10.9 Å². The minimum absolute atomic E-state index is 0.0428. The van der Waals surface area contributed by atoms with Crippen LogP contribution in [0.15, 0.2) is 18.2 Å². The van der Waals surface area contributed by atoms with E-state index in [1.807, 2.05) is 0 Å². The molecule has 0 unspecified atom stereocenters. The molecule has 0 atom stereocenters. The van der Waals surface area contributed by atoms with Crippen molar-refractivity contribution in [3.8, 4) is 5.75 Å². The van der Waals surface area contributed by atoms with Gasteiger partial charge in [-0.2, -0.15) is 13.2 Å². The second-order valence-electron chi connectivity index (χ2n) is 4.59. The number of halogens is 3. The van der Waals surface area contributed by atoms with Gasteiger partial charge >= 0.3 is 6.18 Å². The average Bonchev–Trinajstić information content (AvgIpc) is 2.38. The number of hydrogen-bond acceptors (Lipinski definition) is 4. The van der Waals surface area contributed by atoms with Crippen molar-refractivity contribution in [2.75, 3.05) is 45.2 Å². The van der Waals surface area contributed by atoms with Gasteiger partial charge in [-0.15, -0.1) is 0 Å². The Morgan fingerprint density at radius 1 is 1.20 bits per heavy atom. The molecule has 2 rings (SSSR count). The van der Waals surface area contributed by atoms with E-state index in [4.69, 9.17) is 15.2 Å². The van der Waals surface area contributed by atoms with E-state index in [2.05, 4.69) is 4.90 Å². The van der Waals surface area contributed by atoms with Gasteiger partial charge in [-0.05, 0) is 12.1 Å². The highest BCUT2D eigenvalue weighted by Gasteiger charge is 2.31. The summed E-state index contributed by atoms with van der Waals surface area (Å²) in [6.07, 6.45) is -4.42. The fourth-order valence-corrected chi connectivity index (χ4v) is 1.99. The summed E-state index contributed by atoms with van der Waals surface area (Å²) in [5.74, 6) is 0.144. The number of anilines is 1. The lowest BCUT2D eigenvalue weighted by molar-refractivity contribution is -0.137. The van der Waals surface area contributed by atoms with Crippen LogP contribution in [0.3, 0.4) is 0 Å². The zero-order chi connectivity index (χ0) is 14.6. The van der Waals surface area contributed by atoms with Crippen LogP contribution in [0.25, 0.3) is 0 Å². The summed E-state index contributed by atoms with van der Waals surface area (Å²) in [4.78, 5) is 2.14. The molecular weight excluding hydrogens is 273 g/mol. The Bertz CT molecular complexity index is 446. The Morgan fingerprint density at radius 3 is 2.55 bits per heavy atom. The van der Waals surface area contributed by atoms with Crippen molar-refractivity contribution in [3.05, 3.63) is 23.8 Å². The third kappa shape index (κ3) is 4.28. The van der Waals surface area contributed by atoms with Crippen LogP contribution in [0.5, 0.6) is 5.75 Å². The van der Waals surface area contributed by atoms with Gasteiger partial charge < -0.3 is 15.2 Å². The van der Waals surface area contributed by atoms with Crippen LogP contribution in [0.4, 0.5) is 18.9 Å². The van der Waals surface area contributed by atoms with E-state index in [-0.39, 0.29) is 11.4 Å². The maximum absolute atomic E-state index is 12.6. The maximum atomic E-state index is 12.6. The molecule has 0 aliphatic carbocycles. The molecule has 0 radical (unpaired) electrons. The zero-order valence-electron chi connectivity index (χ0n) is 10.9. The van der Waals surface area contributed by atoms with Gasteiger partial charge in [0.2, 0.25) is 0 Å². The normalized spacial score (nSPS) is 17.1. The number of nitrogen functional groups attached to an aromatic ring is 1. The third-order valence-electron chi connectivity index (χ3n) is 3.04. The van der Waals surface area contributed by atoms with E-state index in [0.717, 1.165) is 25.2 Å². The van der Waals surface area contributed by atoms with Crippen molar-refractivity contribution in [2.45, 2.75) is 6.18 Å². The Kier molecular flexibility index (Phi) is 4.72. The molecule has 1 aliphatic heterocycles. The van der Waals surface area contributed by atoms with E-state index in [1.54, 1.807) is 0 Å². The van der Waals surface area contributed by atoms with Crippen LogP contribution >= 0.6 is 0 Å². The number of ether oxygens (including phenoxy) is 2. The van der Waals surface area contributed by atoms with Crippen LogP contribution in [0.1, 0.15) is 5.56 Å². The molecule has 0 aromatic heterocycles. The maximum Gasteiger partial charge on any atom is 0.416 e. The second-order valence-corrected chi connectivity index (χ2v) is 4.59. The van der Waals surface area contributed by atoms with Gasteiger partial charge in [0.05, 0.1) is 18.8 Å².